The van der Waals surface area contributed by atoms with Gasteiger partial charge in [0.15, 0.2) is 11.6 Å². The Labute approximate surface area is 179 Å². The first-order chi connectivity index (χ1) is 15.0. The zero-order valence-corrected chi connectivity index (χ0v) is 16.8. The summed E-state index contributed by atoms with van der Waals surface area (Å²) in [5.74, 6) is -1.84. The summed E-state index contributed by atoms with van der Waals surface area (Å²) in [7, 11) is 0. The number of nitrogens with zero attached hydrogens (tertiary/aromatic N) is 2. The van der Waals surface area contributed by atoms with Crippen molar-refractivity contribution in [1.82, 2.24) is 4.90 Å². The fourth-order valence-electron chi connectivity index (χ4n) is 3.62. The van der Waals surface area contributed by atoms with Crippen LogP contribution in [0, 0.1) is 23.0 Å². The Morgan fingerprint density at radius 3 is 2.29 bits per heavy atom. The molecule has 156 valence electrons. The van der Waals surface area contributed by atoms with E-state index in [4.69, 9.17) is 4.74 Å². The summed E-state index contributed by atoms with van der Waals surface area (Å²) >= 11 is 0. The third-order valence-corrected chi connectivity index (χ3v) is 5.38. The van der Waals surface area contributed by atoms with E-state index in [-0.39, 0.29) is 5.91 Å². The lowest BCUT2D eigenvalue weighted by Gasteiger charge is -2.26. The molecule has 3 aromatic rings. The van der Waals surface area contributed by atoms with E-state index in [1.807, 2.05) is 18.2 Å². The number of hydrogen-bond acceptors (Lipinski definition) is 3. The van der Waals surface area contributed by atoms with Gasteiger partial charge in [-0.05, 0) is 59.0 Å². The van der Waals surface area contributed by atoms with E-state index in [0.29, 0.717) is 55.0 Å². The van der Waals surface area contributed by atoms with Gasteiger partial charge in [-0.1, -0.05) is 30.3 Å². The largest absolute Gasteiger partial charge is 0.378 e. The number of carbonyl (C=O) groups is 1. The average molecular weight is 418 g/mol. The van der Waals surface area contributed by atoms with E-state index >= 15 is 0 Å². The average Bonchev–Trinajstić information content (AvgIpc) is 2.82. The van der Waals surface area contributed by atoms with Crippen molar-refractivity contribution in [3.05, 3.63) is 94.6 Å². The standard InChI is InChI=1S/C25H20F2N2O2/c26-23-8-7-21(15-24(23)27)20-6-5-19(22(14-20)16-28)13-17-1-3-18(4-2-17)25(30)29-9-11-31-12-10-29/h1-8,14-15H,9-13H2. The van der Waals surface area contributed by atoms with E-state index in [2.05, 4.69) is 6.07 Å². The zero-order valence-electron chi connectivity index (χ0n) is 16.8. The Kier molecular flexibility index (Phi) is 6.06. The van der Waals surface area contributed by atoms with E-state index < -0.39 is 11.6 Å². The molecule has 31 heavy (non-hydrogen) atoms. The fourth-order valence-corrected chi connectivity index (χ4v) is 3.62. The molecule has 0 N–H and O–H groups in total. The van der Waals surface area contributed by atoms with Crippen molar-refractivity contribution in [2.75, 3.05) is 26.3 Å². The van der Waals surface area contributed by atoms with Gasteiger partial charge in [-0.2, -0.15) is 5.26 Å². The minimum absolute atomic E-state index is 0.0107. The molecule has 0 saturated carbocycles. The molecule has 1 aliphatic heterocycles. The van der Waals surface area contributed by atoms with Gasteiger partial charge in [0.25, 0.3) is 5.91 Å². The molecular formula is C25H20F2N2O2. The van der Waals surface area contributed by atoms with Crippen molar-refractivity contribution in [1.29, 1.82) is 5.26 Å². The van der Waals surface area contributed by atoms with E-state index in [1.54, 1.807) is 29.2 Å². The highest BCUT2D eigenvalue weighted by Gasteiger charge is 2.18. The number of rotatable bonds is 4. The van der Waals surface area contributed by atoms with Gasteiger partial charge in [0.05, 0.1) is 24.8 Å². The Morgan fingerprint density at radius 2 is 1.61 bits per heavy atom. The lowest BCUT2D eigenvalue weighted by Crippen LogP contribution is -2.40. The zero-order chi connectivity index (χ0) is 21.8. The van der Waals surface area contributed by atoms with Gasteiger partial charge in [0.2, 0.25) is 0 Å². The second-order valence-corrected chi connectivity index (χ2v) is 7.39. The SMILES string of the molecule is N#Cc1cc(-c2ccc(F)c(F)c2)ccc1Cc1ccc(C(=O)N2CCOCC2)cc1. The summed E-state index contributed by atoms with van der Waals surface area (Å²) in [6.45, 7) is 2.30. The molecule has 1 aliphatic rings. The van der Waals surface area contributed by atoms with E-state index in [0.717, 1.165) is 23.3 Å². The van der Waals surface area contributed by atoms with Gasteiger partial charge in [-0.25, -0.2) is 8.78 Å². The topological polar surface area (TPSA) is 53.3 Å². The van der Waals surface area contributed by atoms with Gasteiger partial charge >= 0.3 is 0 Å². The maximum absolute atomic E-state index is 13.5. The summed E-state index contributed by atoms with van der Waals surface area (Å²) < 4.78 is 32.0. The van der Waals surface area contributed by atoms with Crippen LogP contribution in [0.2, 0.25) is 0 Å². The molecule has 1 fully saturated rings. The lowest BCUT2D eigenvalue weighted by atomic mass is 9.95. The van der Waals surface area contributed by atoms with Gasteiger partial charge in [-0.15, -0.1) is 0 Å². The maximum atomic E-state index is 13.5. The second-order valence-electron chi connectivity index (χ2n) is 7.39. The Bertz CT molecular complexity index is 1150. The number of halogens is 2. The quantitative estimate of drug-likeness (QED) is 0.624. The van der Waals surface area contributed by atoms with Crippen molar-refractivity contribution in [2.45, 2.75) is 6.42 Å². The summed E-state index contributed by atoms with van der Waals surface area (Å²) in [5, 5.41) is 9.58. The number of nitriles is 1. The van der Waals surface area contributed by atoms with Crippen LogP contribution < -0.4 is 0 Å². The van der Waals surface area contributed by atoms with Crippen LogP contribution in [-0.4, -0.2) is 37.1 Å². The van der Waals surface area contributed by atoms with Gasteiger partial charge in [0.1, 0.15) is 0 Å². The first-order valence-electron chi connectivity index (χ1n) is 9.99. The molecule has 0 radical (unpaired) electrons. The van der Waals surface area contributed by atoms with Crippen LogP contribution in [0.15, 0.2) is 60.7 Å². The molecule has 0 atom stereocenters. The van der Waals surface area contributed by atoms with Crippen molar-refractivity contribution in [2.24, 2.45) is 0 Å². The molecule has 1 saturated heterocycles. The van der Waals surface area contributed by atoms with Crippen LogP contribution in [-0.2, 0) is 11.2 Å². The highest BCUT2D eigenvalue weighted by atomic mass is 19.2. The van der Waals surface area contributed by atoms with Crippen LogP contribution in [0.3, 0.4) is 0 Å². The Hall–Kier alpha value is -3.56. The third kappa shape index (κ3) is 4.62. The van der Waals surface area contributed by atoms with E-state index in [9.17, 15) is 18.8 Å². The van der Waals surface area contributed by atoms with Crippen LogP contribution in [0.5, 0.6) is 0 Å². The number of morpholine rings is 1. The third-order valence-electron chi connectivity index (χ3n) is 5.38. The number of amides is 1. The van der Waals surface area contributed by atoms with Crippen LogP contribution >= 0.6 is 0 Å². The van der Waals surface area contributed by atoms with Gasteiger partial charge in [0, 0.05) is 18.7 Å². The molecule has 6 heteroatoms. The second kappa shape index (κ2) is 9.07. The first-order valence-corrected chi connectivity index (χ1v) is 9.99. The maximum Gasteiger partial charge on any atom is 0.254 e. The predicted octanol–water partition coefficient (Wildman–Crippen LogP) is 4.57. The molecule has 1 heterocycles. The van der Waals surface area contributed by atoms with Crippen LogP contribution in [0.1, 0.15) is 27.0 Å². The van der Waals surface area contributed by atoms with Crippen molar-refractivity contribution in [3.8, 4) is 17.2 Å². The molecule has 0 aromatic heterocycles. The Balaban J connectivity index is 1.51. The molecule has 0 aliphatic carbocycles. The highest BCUT2D eigenvalue weighted by Crippen LogP contribution is 2.25. The summed E-state index contributed by atoms with van der Waals surface area (Å²) in [6.07, 6.45) is 0.521. The summed E-state index contributed by atoms with van der Waals surface area (Å²) in [4.78, 5) is 14.3. The Morgan fingerprint density at radius 1 is 0.935 bits per heavy atom. The molecule has 0 bridgehead atoms. The molecule has 4 nitrogen and oxygen atoms in total. The smallest absolute Gasteiger partial charge is 0.254 e. The van der Waals surface area contributed by atoms with Crippen molar-refractivity contribution in [3.63, 3.8) is 0 Å². The highest BCUT2D eigenvalue weighted by molar-refractivity contribution is 5.94. The molecule has 1 amide bonds. The van der Waals surface area contributed by atoms with Gasteiger partial charge in [-0.3, -0.25) is 4.79 Å². The predicted molar refractivity (Wildman–Crippen MR) is 112 cm³/mol. The van der Waals surface area contributed by atoms with Gasteiger partial charge < -0.3 is 9.64 Å². The number of carbonyl (C=O) groups excluding carboxylic acids is 1. The number of hydrogen-bond donors (Lipinski definition) is 0. The fraction of sp³-hybridized carbons (Fsp3) is 0.200. The van der Waals surface area contributed by atoms with Crippen LogP contribution in [0.4, 0.5) is 8.78 Å². The summed E-state index contributed by atoms with van der Waals surface area (Å²) in [5.41, 5.74) is 4.03. The molecular weight excluding hydrogens is 398 g/mol. The first kappa shape index (κ1) is 20.7. The van der Waals surface area contributed by atoms with Crippen molar-refractivity contribution < 1.29 is 18.3 Å². The molecule has 3 aromatic carbocycles. The minimum Gasteiger partial charge on any atom is -0.378 e. The summed E-state index contributed by atoms with van der Waals surface area (Å²) in [6, 6.07) is 18.5. The molecule has 4 rings (SSSR count). The minimum atomic E-state index is -0.924. The molecule has 0 unspecified atom stereocenters. The van der Waals surface area contributed by atoms with Crippen molar-refractivity contribution >= 4 is 5.91 Å². The monoisotopic (exact) mass is 418 g/mol. The number of benzene rings is 3. The molecule has 0 spiro atoms. The van der Waals surface area contributed by atoms with E-state index in [1.165, 1.54) is 6.07 Å². The van der Waals surface area contributed by atoms with Crippen LogP contribution in [0.25, 0.3) is 11.1 Å². The lowest BCUT2D eigenvalue weighted by molar-refractivity contribution is 0.0303. The number of ether oxygens (including phenoxy) is 1. The normalized spacial score (nSPS) is 13.6.